The van der Waals surface area contributed by atoms with Crippen molar-refractivity contribution in [3.63, 3.8) is 0 Å². The minimum absolute atomic E-state index is 0.262. The van der Waals surface area contributed by atoms with Gasteiger partial charge < -0.3 is 0 Å². The van der Waals surface area contributed by atoms with Crippen molar-refractivity contribution < 1.29 is 0 Å². The van der Waals surface area contributed by atoms with Crippen LogP contribution in [0.3, 0.4) is 0 Å². The van der Waals surface area contributed by atoms with E-state index >= 15 is 0 Å². The molecule has 1 aromatic carbocycles. The van der Waals surface area contributed by atoms with Gasteiger partial charge in [0.25, 0.3) is 0 Å². The van der Waals surface area contributed by atoms with E-state index in [-0.39, 0.29) is 6.04 Å². The van der Waals surface area contributed by atoms with Crippen LogP contribution in [0.4, 0.5) is 0 Å². The molecule has 2 aromatic rings. The molecule has 1 aliphatic rings. The maximum Gasteiger partial charge on any atom is 0.123 e. The van der Waals surface area contributed by atoms with E-state index in [9.17, 15) is 5.26 Å². The smallest absolute Gasteiger partial charge is 0.123 e. The van der Waals surface area contributed by atoms with E-state index in [1.807, 2.05) is 30.3 Å². The van der Waals surface area contributed by atoms with Crippen LogP contribution < -0.4 is 5.32 Å². The highest BCUT2D eigenvalue weighted by Crippen LogP contribution is 2.25. The molecule has 1 aromatic heterocycles. The van der Waals surface area contributed by atoms with Gasteiger partial charge in [0, 0.05) is 23.2 Å². The lowest BCUT2D eigenvalue weighted by Crippen LogP contribution is -2.30. The van der Waals surface area contributed by atoms with Gasteiger partial charge in [0.2, 0.25) is 0 Å². The molecule has 0 amide bonds. The van der Waals surface area contributed by atoms with Crippen LogP contribution in [-0.4, -0.2) is 11.0 Å². The van der Waals surface area contributed by atoms with Gasteiger partial charge in [-0.2, -0.15) is 5.26 Å². The van der Waals surface area contributed by atoms with Gasteiger partial charge in [0.05, 0.1) is 11.6 Å². The molecule has 0 radical (unpaired) electrons. The maximum atomic E-state index is 9.46. The first-order valence-corrected chi connectivity index (χ1v) is 6.88. The number of hydrogen-bond donors (Lipinski definition) is 1. The fraction of sp³-hybridized carbons (Fsp3) is 0.375. The Labute approximate surface area is 113 Å². The summed E-state index contributed by atoms with van der Waals surface area (Å²) >= 11 is 0. The van der Waals surface area contributed by atoms with Gasteiger partial charge in [-0.1, -0.05) is 37.1 Å². The molecule has 0 spiro atoms. The highest BCUT2D eigenvalue weighted by molar-refractivity contribution is 5.82. The van der Waals surface area contributed by atoms with Gasteiger partial charge in [-0.3, -0.25) is 10.3 Å². The Morgan fingerprint density at radius 1 is 1.21 bits per heavy atom. The number of hydrogen-bond acceptors (Lipinski definition) is 3. The summed E-state index contributed by atoms with van der Waals surface area (Å²) < 4.78 is 0. The Hall–Kier alpha value is -1.92. The van der Waals surface area contributed by atoms with Gasteiger partial charge >= 0.3 is 0 Å². The molecule has 3 rings (SSSR count). The summed E-state index contributed by atoms with van der Waals surface area (Å²) in [4.78, 5) is 4.43. The van der Waals surface area contributed by atoms with Crippen LogP contribution in [0.2, 0.25) is 0 Å². The average Bonchev–Trinajstić information content (AvgIpc) is 2.97. The fourth-order valence-corrected chi connectivity index (χ4v) is 2.89. The van der Waals surface area contributed by atoms with E-state index in [4.69, 9.17) is 0 Å². The molecule has 3 heteroatoms. The van der Waals surface area contributed by atoms with Gasteiger partial charge in [-0.05, 0) is 18.9 Å². The summed E-state index contributed by atoms with van der Waals surface area (Å²) in [7, 11) is 0. The Bertz CT molecular complexity index is 603. The van der Waals surface area contributed by atoms with Crippen molar-refractivity contribution >= 4 is 10.9 Å². The number of nitriles is 1. The number of para-hydroxylation sites is 1. The number of rotatable bonds is 3. The second-order valence-electron chi connectivity index (χ2n) is 5.13. The van der Waals surface area contributed by atoms with Crippen LogP contribution in [0.5, 0.6) is 0 Å². The Kier molecular flexibility index (Phi) is 3.43. The van der Waals surface area contributed by atoms with Crippen molar-refractivity contribution in [3.8, 4) is 6.07 Å². The van der Waals surface area contributed by atoms with Crippen LogP contribution >= 0.6 is 0 Å². The summed E-state index contributed by atoms with van der Waals surface area (Å²) in [5.41, 5.74) is 1.93. The van der Waals surface area contributed by atoms with Gasteiger partial charge in [-0.15, -0.1) is 0 Å². The van der Waals surface area contributed by atoms with Gasteiger partial charge in [-0.25, -0.2) is 0 Å². The summed E-state index contributed by atoms with van der Waals surface area (Å²) in [5.74, 6) is 0. The fourth-order valence-electron chi connectivity index (χ4n) is 2.89. The minimum atomic E-state index is -0.262. The highest BCUT2D eigenvalue weighted by Gasteiger charge is 2.21. The largest absolute Gasteiger partial charge is 0.295 e. The van der Waals surface area contributed by atoms with E-state index in [0.29, 0.717) is 6.04 Å². The molecule has 0 aliphatic heterocycles. The second-order valence-corrected chi connectivity index (χ2v) is 5.13. The lowest BCUT2D eigenvalue weighted by atomic mass is 10.0. The summed E-state index contributed by atoms with van der Waals surface area (Å²) in [6, 6.07) is 12.6. The number of benzene rings is 1. The molecule has 19 heavy (non-hydrogen) atoms. The zero-order chi connectivity index (χ0) is 13.1. The summed E-state index contributed by atoms with van der Waals surface area (Å²) in [6.45, 7) is 0. The third-order valence-corrected chi connectivity index (χ3v) is 3.86. The van der Waals surface area contributed by atoms with Crippen LogP contribution in [0.25, 0.3) is 10.9 Å². The first-order valence-electron chi connectivity index (χ1n) is 6.88. The predicted molar refractivity (Wildman–Crippen MR) is 75.5 cm³/mol. The first kappa shape index (κ1) is 12.1. The molecule has 1 aliphatic carbocycles. The Morgan fingerprint density at radius 2 is 2.00 bits per heavy atom. The standard InChI is InChI=1S/C16H17N3/c17-11-15(19-13-7-1-2-8-13)14-9-3-5-12-6-4-10-18-16(12)14/h3-6,9-10,13,15,19H,1-2,7-8H2. The Morgan fingerprint density at radius 3 is 2.79 bits per heavy atom. The minimum Gasteiger partial charge on any atom is -0.295 e. The average molecular weight is 251 g/mol. The summed E-state index contributed by atoms with van der Waals surface area (Å²) in [5, 5.41) is 14.0. The molecular formula is C16H17N3. The van der Waals surface area contributed by atoms with Gasteiger partial charge in [0.15, 0.2) is 0 Å². The van der Waals surface area contributed by atoms with Crippen molar-refractivity contribution in [3.05, 3.63) is 42.1 Å². The Balaban J connectivity index is 1.94. The lowest BCUT2D eigenvalue weighted by Gasteiger charge is -2.18. The van der Waals surface area contributed by atoms with Crippen molar-refractivity contribution in [1.29, 1.82) is 5.26 Å². The van der Waals surface area contributed by atoms with Gasteiger partial charge in [0.1, 0.15) is 6.04 Å². The molecule has 96 valence electrons. The van der Waals surface area contributed by atoms with Crippen LogP contribution in [0, 0.1) is 11.3 Å². The normalized spacial score (nSPS) is 17.4. The van der Waals surface area contributed by atoms with Crippen molar-refractivity contribution in [2.75, 3.05) is 0 Å². The van der Waals surface area contributed by atoms with E-state index in [1.54, 1.807) is 6.20 Å². The van der Waals surface area contributed by atoms with Crippen molar-refractivity contribution in [1.82, 2.24) is 10.3 Å². The number of aromatic nitrogens is 1. The number of nitrogens with zero attached hydrogens (tertiary/aromatic N) is 2. The number of nitrogens with one attached hydrogen (secondary N) is 1. The second kappa shape index (κ2) is 5.38. The zero-order valence-corrected chi connectivity index (χ0v) is 10.8. The quantitative estimate of drug-likeness (QED) is 0.910. The van der Waals surface area contributed by atoms with E-state index in [1.165, 1.54) is 25.7 Å². The predicted octanol–water partition coefficient (Wildman–Crippen LogP) is 3.33. The number of fused-ring (bicyclic) bond motifs is 1. The molecule has 1 heterocycles. The molecule has 0 saturated heterocycles. The van der Waals surface area contributed by atoms with Crippen LogP contribution in [0.15, 0.2) is 36.5 Å². The molecule has 1 unspecified atom stereocenters. The van der Waals surface area contributed by atoms with Crippen molar-refractivity contribution in [2.24, 2.45) is 0 Å². The molecule has 3 nitrogen and oxygen atoms in total. The van der Waals surface area contributed by atoms with E-state index in [2.05, 4.69) is 16.4 Å². The molecule has 1 N–H and O–H groups in total. The monoisotopic (exact) mass is 251 g/mol. The SMILES string of the molecule is N#CC(NC1CCCC1)c1cccc2cccnc12. The number of pyridine rings is 1. The third-order valence-electron chi connectivity index (χ3n) is 3.86. The topological polar surface area (TPSA) is 48.7 Å². The molecule has 1 atom stereocenters. The zero-order valence-electron chi connectivity index (χ0n) is 10.8. The van der Waals surface area contributed by atoms with Crippen LogP contribution in [-0.2, 0) is 0 Å². The van der Waals surface area contributed by atoms with E-state index in [0.717, 1.165) is 16.5 Å². The van der Waals surface area contributed by atoms with Crippen LogP contribution in [0.1, 0.15) is 37.3 Å². The third kappa shape index (κ3) is 2.45. The lowest BCUT2D eigenvalue weighted by molar-refractivity contribution is 0.493. The van der Waals surface area contributed by atoms with Crippen molar-refractivity contribution in [2.45, 2.75) is 37.8 Å². The summed E-state index contributed by atoms with van der Waals surface area (Å²) in [6.07, 6.45) is 6.68. The van der Waals surface area contributed by atoms with E-state index < -0.39 is 0 Å². The molecular weight excluding hydrogens is 234 g/mol. The molecule has 0 bridgehead atoms. The highest BCUT2D eigenvalue weighted by atomic mass is 15.0. The molecule has 1 fully saturated rings. The molecule has 1 saturated carbocycles. The maximum absolute atomic E-state index is 9.46. The first-order chi connectivity index (χ1) is 9.38.